The molecule has 0 atom stereocenters. The van der Waals surface area contributed by atoms with E-state index in [4.69, 9.17) is 9.47 Å². The molecule has 1 aliphatic rings. The highest BCUT2D eigenvalue weighted by Gasteiger charge is 2.30. The molecule has 208 valence electrons. The number of aryl methyl sites for hydroxylation is 2. The summed E-state index contributed by atoms with van der Waals surface area (Å²) in [6.45, 7) is 4.97. The predicted octanol–water partition coefficient (Wildman–Crippen LogP) is 4.63. The lowest BCUT2D eigenvalue weighted by atomic mass is 10.0. The summed E-state index contributed by atoms with van der Waals surface area (Å²) in [7, 11) is 7.14. The Hall–Kier alpha value is -4.64. The highest BCUT2D eigenvalue weighted by atomic mass is 19.1. The third-order valence-corrected chi connectivity index (χ3v) is 6.91. The summed E-state index contributed by atoms with van der Waals surface area (Å²) < 4.78 is 28.1. The summed E-state index contributed by atoms with van der Waals surface area (Å²) in [5.41, 5.74) is 4.66. The number of fused-ring (bicyclic) bond motifs is 2. The molecule has 2 aromatic carbocycles. The zero-order valence-corrected chi connectivity index (χ0v) is 23.2. The van der Waals surface area contributed by atoms with Crippen LogP contribution in [-0.2, 0) is 7.05 Å². The molecule has 2 aromatic heterocycles. The number of ketones is 1. The van der Waals surface area contributed by atoms with Crippen molar-refractivity contribution < 1.29 is 23.5 Å². The van der Waals surface area contributed by atoms with Crippen LogP contribution in [-0.4, -0.2) is 65.8 Å². The van der Waals surface area contributed by atoms with Gasteiger partial charge in [-0.25, -0.2) is 9.18 Å². The van der Waals surface area contributed by atoms with Gasteiger partial charge in [0.2, 0.25) is 5.78 Å². The summed E-state index contributed by atoms with van der Waals surface area (Å²) in [6.07, 6.45) is 1.61. The minimum absolute atomic E-state index is 0.0761. The smallest absolute Gasteiger partial charge is 0.319 e. The van der Waals surface area contributed by atoms with Gasteiger partial charge in [-0.1, -0.05) is 0 Å². The van der Waals surface area contributed by atoms with Crippen molar-refractivity contribution >= 4 is 34.5 Å². The molecule has 0 spiro atoms. The molecule has 0 radical (unpaired) electrons. The number of nitrogens with one attached hydrogen (secondary N) is 3. The first-order valence-corrected chi connectivity index (χ1v) is 12.7. The fourth-order valence-corrected chi connectivity index (χ4v) is 4.81. The Balaban J connectivity index is 1.53. The summed E-state index contributed by atoms with van der Waals surface area (Å²) in [5, 5.41) is 10.6. The fourth-order valence-electron chi connectivity index (χ4n) is 4.81. The average Bonchev–Trinajstić information content (AvgIpc) is 3.50. The molecule has 10 nitrogen and oxygen atoms in total. The second-order valence-corrected chi connectivity index (χ2v) is 9.95. The molecule has 0 saturated heterocycles. The number of hydrogen-bond acceptors (Lipinski definition) is 6. The second-order valence-electron chi connectivity index (χ2n) is 9.95. The number of methoxy groups -OCH3 is 1. The molecule has 11 heteroatoms. The number of rotatable bonds is 7. The maximum absolute atomic E-state index is 15.1. The minimum atomic E-state index is -0.485. The molecule has 4 aromatic rings. The zero-order chi connectivity index (χ0) is 28.7. The SMILES string of the molecule is COc1cc(F)c2[nH]c(-c3c(C)nn(C)c3C)c(C=C3Oc4ccc(NC(=O)NCCN(C)C)cc4C3=O)c2c1. The van der Waals surface area contributed by atoms with E-state index >= 15 is 4.39 Å². The number of halogens is 1. The van der Waals surface area contributed by atoms with Gasteiger partial charge in [-0.15, -0.1) is 0 Å². The molecule has 5 rings (SSSR count). The van der Waals surface area contributed by atoms with Gasteiger partial charge in [-0.2, -0.15) is 5.10 Å². The van der Waals surface area contributed by atoms with E-state index in [9.17, 15) is 9.59 Å². The van der Waals surface area contributed by atoms with Gasteiger partial charge in [-0.3, -0.25) is 9.48 Å². The Kier molecular flexibility index (Phi) is 7.07. The molecule has 0 bridgehead atoms. The Morgan fingerprint density at radius 1 is 1.25 bits per heavy atom. The maximum atomic E-state index is 15.1. The quantitative estimate of drug-likeness (QED) is 0.291. The Morgan fingerprint density at radius 2 is 2.02 bits per heavy atom. The van der Waals surface area contributed by atoms with Crippen LogP contribution >= 0.6 is 0 Å². The number of benzene rings is 2. The summed E-state index contributed by atoms with van der Waals surface area (Å²) in [5.74, 6) is -0.0480. The monoisotopic (exact) mass is 546 g/mol. The van der Waals surface area contributed by atoms with Crippen LogP contribution in [0.25, 0.3) is 28.2 Å². The molecular formula is C29H31FN6O4. The largest absolute Gasteiger partial charge is 0.497 e. The number of nitrogens with zero attached hydrogens (tertiary/aromatic N) is 3. The van der Waals surface area contributed by atoms with Gasteiger partial charge < -0.3 is 30.0 Å². The fraction of sp³-hybridized carbons (Fsp3) is 0.276. The Bertz CT molecular complexity index is 1680. The number of carbonyl (C=O) groups excluding carboxylic acids is 2. The summed E-state index contributed by atoms with van der Waals surface area (Å²) >= 11 is 0. The van der Waals surface area contributed by atoms with Crippen molar-refractivity contribution in [2.45, 2.75) is 13.8 Å². The van der Waals surface area contributed by atoms with E-state index in [1.165, 1.54) is 13.2 Å². The molecule has 0 aliphatic carbocycles. The number of aromatic amines is 1. The summed E-state index contributed by atoms with van der Waals surface area (Å²) in [6, 6.07) is 7.54. The highest BCUT2D eigenvalue weighted by Crippen LogP contribution is 2.40. The number of urea groups is 1. The highest BCUT2D eigenvalue weighted by molar-refractivity contribution is 6.16. The van der Waals surface area contributed by atoms with E-state index in [1.54, 1.807) is 35.0 Å². The van der Waals surface area contributed by atoms with Crippen LogP contribution in [0.15, 0.2) is 36.1 Å². The van der Waals surface area contributed by atoms with Crippen molar-refractivity contribution in [1.82, 2.24) is 25.0 Å². The minimum Gasteiger partial charge on any atom is -0.497 e. The number of likely N-dealkylation sites (N-methyl/N-ethyl adjacent to an activating group) is 1. The van der Waals surface area contributed by atoms with Crippen LogP contribution in [0.2, 0.25) is 0 Å². The van der Waals surface area contributed by atoms with Gasteiger partial charge in [0.25, 0.3) is 0 Å². The van der Waals surface area contributed by atoms with Crippen molar-refractivity contribution in [2.75, 3.05) is 39.6 Å². The number of aromatic nitrogens is 3. The van der Waals surface area contributed by atoms with Crippen molar-refractivity contribution in [3.8, 4) is 22.8 Å². The van der Waals surface area contributed by atoms with Crippen LogP contribution in [0.3, 0.4) is 0 Å². The molecule has 3 N–H and O–H groups in total. The van der Waals surface area contributed by atoms with Gasteiger partial charge in [0.15, 0.2) is 11.6 Å². The number of anilines is 1. The number of Topliss-reactive ketones (excluding diaryl/α,β-unsaturated/α-hetero) is 1. The first kappa shape index (κ1) is 26.9. The van der Waals surface area contributed by atoms with Crippen LogP contribution in [0.1, 0.15) is 27.3 Å². The molecular weight excluding hydrogens is 515 g/mol. The lowest BCUT2D eigenvalue weighted by Crippen LogP contribution is -2.34. The van der Waals surface area contributed by atoms with E-state index < -0.39 is 5.82 Å². The third-order valence-electron chi connectivity index (χ3n) is 6.91. The number of amides is 2. The molecule has 0 unspecified atom stereocenters. The topological polar surface area (TPSA) is 114 Å². The van der Waals surface area contributed by atoms with Crippen molar-refractivity contribution in [3.63, 3.8) is 0 Å². The molecule has 2 amide bonds. The Morgan fingerprint density at radius 3 is 2.70 bits per heavy atom. The molecule has 1 aliphatic heterocycles. The zero-order valence-electron chi connectivity index (χ0n) is 23.2. The van der Waals surface area contributed by atoms with Crippen molar-refractivity contribution in [3.05, 3.63) is 64.4 Å². The van der Waals surface area contributed by atoms with E-state index in [0.717, 1.165) is 17.0 Å². The number of hydrogen-bond donors (Lipinski definition) is 3. The van der Waals surface area contributed by atoms with Crippen LogP contribution in [0.4, 0.5) is 14.9 Å². The first-order chi connectivity index (χ1) is 19.1. The van der Waals surface area contributed by atoms with Gasteiger partial charge in [0.05, 0.1) is 29.6 Å². The van der Waals surface area contributed by atoms with Crippen LogP contribution in [0.5, 0.6) is 11.5 Å². The molecule has 3 heterocycles. The molecule has 0 saturated carbocycles. The lowest BCUT2D eigenvalue weighted by molar-refractivity contribution is 0.101. The van der Waals surface area contributed by atoms with Crippen LogP contribution < -0.4 is 20.1 Å². The van der Waals surface area contributed by atoms with E-state index in [0.29, 0.717) is 52.5 Å². The van der Waals surface area contributed by atoms with Gasteiger partial charge in [0, 0.05) is 54.1 Å². The van der Waals surface area contributed by atoms with E-state index in [2.05, 4.69) is 20.7 Å². The molecule has 0 fully saturated rings. The van der Waals surface area contributed by atoms with Gasteiger partial charge in [0.1, 0.15) is 11.5 Å². The van der Waals surface area contributed by atoms with E-state index in [-0.39, 0.29) is 23.1 Å². The van der Waals surface area contributed by atoms with E-state index in [1.807, 2.05) is 39.9 Å². The molecule has 40 heavy (non-hydrogen) atoms. The number of ether oxygens (including phenoxy) is 2. The summed E-state index contributed by atoms with van der Waals surface area (Å²) in [4.78, 5) is 30.9. The first-order valence-electron chi connectivity index (χ1n) is 12.7. The maximum Gasteiger partial charge on any atom is 0.319 e. The van der Waals surface area contributed by atoms with Gasteiger partial charge >= 0.3 is 6.03 Å². The van der Waals surface area contributed by atoms with Crippen LogP contribution in [0, 0.1) is 19.7 Å². The standard InChI is InChI=1S/C29H31FN6O4/c1-15-25(16(2)36(5)34-15)27-20(19-12-18(39-6)13-22(30)26(19)33-27)14-24-28(37)21-11-17(7-8-23(21)40-24)32-29(38)31-9-10-35(3)4/h7-8,11-14,33H,9-10H2,1-6H3,(H2,31,32,38). The van der Waals surface area contributed by atoms with Crippen molar-refractivity contribution in [2.24, 2.45) is 7.05 Å². The number of allylic oxidation sites excluding steroid dienone is 1. The third kappa shape index (κ3) is 4.91. The number of carbonyl (C=O) groups is 2. The average molecular weight is 547 g/mol. The number of H-pyrrole nitrogens is 1. The second kappa shape index (κ2) is 10.5. The predicted molar refractivity (Wildman–Crippen MR) is 151 cm³/mol. The normalized spacial score (nSPS) is 13.7. The van der Waals surface area contributed by atoms with Crippen molar-refractivity contribution in [1.29, 1.82) is 0 Å². The lowest BCUT2D eigenvalue weighted by Gasteiger charge is -2.11. The Labute approximate surface area is 230 Å². The van der Waals surface area contributed by atoms with Gasteiger partial charge in [-0.05, 0) is 58.3 Å².